The molecular weight excluding hydrogens is 349 g/mol. The van der Waals surface area contributed by atoms with Gasteiger partial charge < -0.3 is 10.4 Å². The zero-order valence-corrected chi connectivity index (χ0v) is 16.6. The molecular formula is C19H34FN5O2. The van der Waals surface area contributed by atoms with Crippen molar-refractivity contribution < 1.29 is 14.3 Å². The number of fused-ring (bicyclic) bond motifs is 1. The van der Waals surface area contributed by atoms with Gasteiger partial charge in [0.1, 0.15) is 12.3 Å². The summed E-state index contributed by atoms with van der Waals surface area (Å²) >= 11 is 0. The van der Waals surface area contributed by atoms with Crippen LogP contribution in [0.5, 0.6) is 0 Å². The van der Waals surface area contributed by atoms with Crippen molar-refractivity contribution in [2.45, 2.75) is 95.7 Å². The second-order valence-electron chi connectivity index (χ2n) is 9.26. The lowest BCUT2D eigenvalue weighted by molar-refractivity contribution is -0.125. The Morgan fingerprint density at radius 2 is 1.81 bits per heavy atom. The summed E-state index contributed by atoms with van der Waals surface area (Å²) in [5.41, 5.74) is 6.08. The molecule has 154 valence electrons. The lowest BCUT2D eigenvalue weighted by atomic mass is 9.83. The Hall–Kier alpha value is -1.25. The van der Waals surface area contributed by atoms with Gasteiger partial charge in [0, 0.05) is 23.4 Å². The Balaban J connectivity index is 1.67. The molecule has 1 heterocycles. The van der Waals surface area contributed by atoms with Crippen LogP contribution in [0.2, 0.25) is 0 Å². The molecule has 8 heteroatoms. The van der Waals surface area contributed by atoms with Gasteiger partial charge in [0.2, 0.25) is 5.91 Å². The minimum atomic E-state index is -0.753. The van der Waals surface area contributed by atoms with Crippen LogP contribution in [0.3, 0.4) is 0 Å². The maximum absolute atomic E-state index is 13.6. The molecule has 5 N–H and O–H groups in total. The number of hydrogen-bond donors (Lipinski definition) is 5. The Bertz CT molecular complexity index is 557. The number of hydrazine groups is 1. The number of alkyl halides is 1. The highest BCUT2D eigenvalue weighted by atomic mass is 19.1. The number of aliphatic imine (C=N–C) groups is 1. The number of aliphatic hydroxyl groups is 1. The first-order valence-electron chi connectivity index (χ1n) is 10.2. The van der Waals surface area contributed by atoms with Gasteiger partial charge in [-0.2, -0.15) is 0 Å². The number of guanidine groups is 1. The van der Waals surface area contributed by atoms with Crippen LogP contribution >= 0.6 is 0 Å². The standard InChI is InChI=1S/C19H34FN5O2/c1-19(2,3)23-18(22-17(27)11-4-7-13(26)8-5-11)21-16-14-9-6-12(20)10-15(14)24-25-16/h11-16,24-26H,4-10H2,1-3H3,(H2,21,22,23,27). The third kappa shape index (κ3) is 5.62. The number of nitrogens with zero attached hydrogens (tertiary/aromatic N) is 1. The highest BCUT2D eigenvalue weighted by Gasteiger charge is 2.40. The maximum Gasteiger partial charge on any atom is 0.229 e. The summed E-state index contributed by atoms with van der Waals surface area (Å²) in [7, 11) is 0. The molecule has 27 heavy (non-hydrogen) atoms. The van der Waals surface area contributed by atoms with Crippen LogP contribution in [-0.4, -0.2) is 47.0 Å². The van der Waals surface area contributed by atoms with E-state index in [4.69, 9.17) is 4.99 Å². The summed E-state index contributed by atoms with van der Waals surface area (Å²) in [6, 6.07) is 0.0777. The van der Waals surface area contributed by atoms with Gasteiger partial charge in [0.15, 0.2) is 5.96 Å². The zero-order chi connectivity index (χ0) is 19.6. The van der Waals surface area contributed by atoms with Crippen LogP contribution in [0.4, 0.5) is 4.39 Å². The van der Waals surface area contributed by atoms with E-state index in [9.17, 15) is 14.3 Å². The SMILES string of the molecule is CC(C)(C)N/C(=N\C1NNC2CC(F)CCC21)NC(=O)C1CCC(O)CC1. The summed E-state index contributed by atoms with van der Waals surface area (Å²) < 4.78 is 13.6. The van der Waals surface area contributed by atoms with Gasteiger partial charge in [-0.3, -0.25) is 15.5 Å². The average Bonchev–Trinajstić information content (AvgIpc) is 2.95. The fraction of sp³-hybridized carbons (Fsp3) is 0.895. The molecule has 3 aliphatic rings. The molecule has 1 aliphatic heterocycles. The Morgan fingerprint density at radius 1 is 1.11 bits per heavy atom. The monoisotopic (exact) mass is 383 g/mol. The molecule has 1 saturated heterocycles. The second kappa shape index (κ2) is 8.41. The van der Waals surface area contributed by atoms with E-state index in [1.807, 2.05) is 20.8 Å². The molecule has 7 nitrogen and oxygen atoms in total. The second-order valence-corrected chi connectivity index (χ2v) is 9.26. The highest BCUT2D eigenvalue weighted by Crippen LogP contribution is 2.32. The molecule has 0 aromatic rings. The molecule has 0 aromatic carbocycles. The van der Waals surface area contributed by atoms with E-state index < -0.39 is 6.17 Å². The lowest BCUT2D eigenvalue weighted by Crippen LogP contribution is -2.52. The maximum atomic E-state index is 13.6. The van der Waals surface area contributed by atoms with Crippen LogP contribution in [0, 0.1) is 11.8 Å². The average molecular weight is 384 g/mol. The van der Waals surface area contributed by atoms with E-state index in [2.05, 4.69) is 21.5 Å². The molecule has 4 atom stereocenters. The molecule has 2 aliphatic carbocycles. The van der Waals surface area contributed by atoms with E-state index in [-0.39, 0.29) is 41.6 Å². The minimum Gasteiger partial charge on any atom is -0.393 e. The van der Waals surface area contributed by atoms with Gasteiger partial charge in [0.25, 0.3) is 0 Å². The molecule has 0 spiro atoms. The first-order valence-corrected chi connectivity index (χ1v) is 10.2. The van der Waals surface area contributed by atoms with Gasteiger partial charge in [0.05, 0.1) is 6.10 Å². The van der Waals surface area contributed by atoms with Crippen molar-refractivity contribution in [3.05, 3.63) is 0 Å². The molecule has 1 amide bonds. The van der Waals surface area contributed by atoms with Crippen molar-refractivity contribution in [2.75, 3.05) is 0 Å². The lowest BCUT2D eigenvalue weighted by Gasteiger charge is -2.30. The summed E-state index contributed by atoms with van der Waals surface area (Å²) in [6.45, 7) is 6.05. The first kappa shape index (κ1) is 20.5. The van der Waals surface area contributed by atoms with Crippen LogP contribution in [0.15, 0.2) is 4.99 Å². The predicted molar refractivity (Wildman–Crippen MR) is 103 cm³/mol. The summed E-state index contributed by atoms with van der Waals surface area (Å²) in [6.07, 6.45) is 3.33. The minimum absolute atomic E-state index is 0.0487. The number of nitrogens with one attached hydrogen (secondary N) is 4. The molecule has 3 rings (SSSR count). The van der Waals surface area contributed by atoms with Gasteiger partial charge in [-0.15, -0.1) is 0 Å². The van der Waals surface area contributed by atoms with Crippen LogP contribution in [0.1, 0.15) is 65.7 Å². The van der Waals surface area contributed by atoms with Gasteiger partial charge in [-0.1, -0.05) is 0 Å². The summed E-state index contributed by atoms with van der Waals surface area (Å²) in [5.74, 6) is 0.536. The number of rotatable bonds is 2. The predicted octanol–water partition coefficient (Wildman–Crippen LogP) is 1.34. The number of halogens is 1. The van der Waals surface area contributed by atoms with Crippen molar-refractivity contribution in [1.29, 1.82) is 0 Å². The Morgan fingerprint density at radius 3 is 2.48 bits per heavy atom. The number of hydrogen-bond acceptors (Lipinski definition) is 5. The Labute approximate surface area is 160 Å². The molecule has 2 saturated carbocycles. The number of carbonyl (C=O) groups excluding carboxylic acids is 1. The first-order chi connectivity index (χ1) is 12.7. The van der Waals surface area contributed by atoms with Crippen molar-refractivity contribution in [1.82, 2.24) is 21.5 Å². The van der Waals surface area contributed by atoms with Gasteiger partial charge in [-0.25, -0.2) is 14.8 Å². The fourth-order valence-electron chi connectivity index (χ4n) is 4.26. The number of aliphatic hydroxyl groups excluding tert-OH is 1. The molecule has 4 unspecified atom stereocenters. The highest BCUT2D eigenvalue weighted by molar-refractivity contribution is 5.98. The van der Waals surface area contributed by atoms with E-state index in [0.29, 0.717) is 44.5 Å². The van der Waals surface area contributed by atoms with Crippen molar-refractivity contribution >= 4 is 11.9 Å². The summed E-state index contributed by atoms with van der Waals surface area (Å²) in [5, 5.41) is 15.9. The zero-order valence-electron chi connectivity index (χ0n) is 16.6. The molecule has 3 fully saturated rings. The quantitative estimate of drug-likeness (QED) is 0.366. The van der Waals surface area contributed by atoms with Crippen LogP contribution in [0.25, 0.3) is 0 Å². The van der Waals surface area contributed by atoms with E-state index >= 15 is 0 Å². The van der Waals surface area contributed by atoms with Crippen LogP contribution in [-0.2, 0) is 4.79 Å². The molecule has 0 aromatic heterocycles. The normalized spacial score (nSPS) is 37.6. The molecule has 0 radical (unpaired) electrons. The molecule has 0 bridgehead atoms. The van der Waals surface area contributed by atoms with Gasteiger partial charge in [-0.05, 0) is 65.7 Å². The fourth-order valence-corrected chi connectivity index (χ4v) is 4.26. The van der Waals surface area contributed by atoms with Gasteiger partial charge >= 0.3 is 0 Å². The number of amides is 1. The van der Waals surface area contributed by atoms with Crippen molar-refractivity contribution in [3.63, 3.8) is 0 Å². The largest absolute Gasteiger partial charge is 0.393 e. The van der Waals surface area contributed by atoms with Crippen molar-refractivity contribution in [3.8, 4) is 0 Å². The van der Waals surface area contributed by atoms with Crippen molar-refractivity contribution in [2.24, 2.45) is 16.8 Å². The Kier molecular flexibility index (Phi) is 6.38. The number of carbonyl (C=O) groups is 1. The summed E-state index contributed by atoms with van der Waals surface area (Å²) in [4.78, 5) is 17.4. The third-order valence-corrected chi connectivity index (χ3v) is 5.73. The van der Waals surface area contributed by atoms with E-state index in [1.165, 1.54) is 0 Å². The third-order valence-electron chi connectivity index (χ3n) is 5.73. The smallest absolute Gasteiger partial charge is 0.229 e. The van der Waals surface area contributed by atoms with Crippen LogP contribution < -0.4 is 21.5 Å². The topological polar surface area (TPSA) is 97.8 Å². The van der Waals surface area contributed by atoms with E-state index in [1.54, 1.807) is 0 Å². The van der Waals surface area contributed by atoms with E-state index in [0.717, 1.165) is 6.42 Å².